The summed E-state index contributed by atoms with van der Waals surface area (Å²) in [6, 6.07) is 3.86. The Kier molecular flexibility index (Phi) is 1.44. The summed E-state index contributed by atoms with van der Waals surface area (Å²) >= 11 is 0. The van der Waals surface area contributed by atoms with Crippen molar-refractivity contribution < 1.29 is 0 Å². The molecule has 14 heavy (non-hydrogen) atoms. The smallest absolute Gasteiger partial charge is 0.0739 e. The number of pyridine rings is 3. The number of nitrogens with zero attached hydrogens (tertiary/aromatic N) is 3. The van der Waals surface area contributed by atoms with Crippen LogP contribution in [0.2, 0.25) is 0 Å². The van der Waals surface area contributed by atoms with Crippen LogP contribution < -0.4 is 0 Å². The van der Waals surface area contributed by atoms with E-state index in [4.69, 9.17) is 0 Å². The fraction of sp³-hybridized carbons (Fsp3) is 0. The van der Waals surface area contributed by atoms with Crippen LogP contribution in [0.15, 0.2) is 43.1 Å². The van der Waals surface area contributed by atoms with Crippen LogP contribution in [0.5, 0.6) is 0 Å². The minimum Gasteiger partial charge on any atom is -0.264 e. The maximum Gasteiger partial charge on any atom is 0.0739 e. The maximum atomic E-state index is 4.34. The zero-order chi connectivity index (χ0) is 9.38. The third-order valence-corrected chi connectivity index (χ3v) is 2.29. The van der Waals surface area contributed by atoms with Gasteiger partial charge in [-0.25, -0.2) is 0 Å². The average molecular weight is 181 g/mol. The van der Waals surface area contributed by atoms with Gasteiger partial charge in [0.05, 0.1) is 5.52 Å². The molecule has 0 saturated carbocycles. The molecular weight excluding hydrogens is 174 g/mol. The third kappa shape index (κ3) is 0.956. The Hall–Kier alpha value is -2.03. The molecule has 0 aliphatic heterocycles. The van der Waals surface area contributed by atoms with Gasteiger partial charge in [0.1, 0.15) is 0 Å². The summed E-state index contributed by atoms with van der Waals surface area (Å²) in [5.41, 5.74) is 0.959. The lowest BCUT2D eigenvalue weighted by Gasteiger charge is -2.00. The molecule has 3 nitrogen and oxygen atoms in total. The van der Waals surface area contributed by atoms with Gasteiger partial charge >= 0.3 is 0 Å². The molecule has 0 fully saturated rings. The van der Waals surface area contributed by atoms with Gasteiger partial charge in [-0.2, -0.15) is 0 Å². The number of fused-ring (bicyclic) bond motifs is 3. The van der Waals surface area contributed by atoms with Crippen LogP contribution in [-0.2, 0) is 0 Å². The Balaban J connectivity index is 2.61. The van der Waals surface area contributed by atoms with Crippen molar-refractivity contribution >= 4 is 21.7 Å². The molecule has 0 spiro atoms. The van der Waals surface area contributed by atoms with E-state index >= 15 is 0 Å². The lowest BCUT2D eigenvalue weighted by atomic mass is 10.1. The van der Waals surface area contributed by atoms with Crippen molar-refractivity contribution in [2.45, 2.75) is 0 Å². The molecule has 0 aromatic carbocycles. The lowest BCUT2D eigenvalue weighted by Crippen LogP contribution is -1.83. The highest BCUT2D eigenvalue weighted by atomic mass is 14.7. The second-order valence-electron chi connectivity index (χ2n) is 3.11. The van der Waals surface area contributed by atoms with Gasteiger partial charge in [-0.05, 0) is 12.1 Å². The van der Waals surface area contributed by atoms with Crippen molar-refractivity contribution in [1.82, 2.24) is 15.0 Å². The van der Waals surface area contributed by atoms with E-state index in [9.17, 15) is 0 Å². The highest BCUT2D eigenvalue weighted by Crippen LogP contribution is 2.20. The molecule has 0 saturated heterocycles. The van der Waals surface area contributed by atoms with E-state index in [1.54, 1.807) is 12.4 Å². The van der Waals surface area contributed by atoms with Crippen LogP contribution in [0, 0.1) is 0 Å². The Morgan fingerprint density at radius 2 is 1.57 bits per heavy atom. The molecule has 3 heteroatoms. The van der Waals surface area contributed by atoms with Gasteiger partial charge in [0.2, 0.25) is 0 Å². The molecule has 0 amide bonds. The number of aromatic nitrogens is 3. The summed E-state index contributed by atoms with van der Waals surface area (Å²) in [7, 11) is 0. The Morgan fingerprint density at radius 3 is 2.50 bits per heavy atom. The van der Waals surface area contributed by atoms with Crippen molar-refractivity contribution in [2.24, 2.45) is 0 Å². The molecule has 0 N–H and O–H groups in total. The predicted molar refractivity (Wildman–Crippen MR) is 54.8 cm³/mol. The summed E-state index contributed by atoms with van der Waals surface area (Å²) in [5.74, 6) is 0. The van der Waals surface area contributed by atoms with E-state index in [1.807, 2.05) is 30.7 Å². The van der Waals surface area contributed by atoms with Gasteiger partial charge in [0, 0.05) is 47.1 Å². The second kappa shape index (κ2) is 2.73. The van der Waals surface area contributed by atoms with Gasteiger partial charge in [-0.1, -0.05) is 0 Å². The minimum atomic E-state index is 0.959. The van der Waals surface area contributed by atoms with Gasteiger partial charge in [-0.3, -0.25) is 15.0 Å². The van der Waals surface area contributed by atoms with Crippen LogP contribution in [0.25, 0.3) is 21.7 Å². The third-order valence-electron chi connectivity index (χ3n) is 2.29. The van der Waals surface area contributed by atoms with Crippen molar-refractivity contribution in [3.8, 4) is 0 Å². The van der Waals surface area contributed by atoms with Crippen molar-refractivity contribution in [1.29, 1.82) is 0 Å². The molecule has 3 aromatic heterocycles. The minimum absolute atomic E-state index is 0.959. The van der Waals surface area contributed by atoms with E-state index in [2.05, 4.69) is 15.0 Å². The molecule has 3 aromatic rings. The SMILES string of the molecule is c1cc2cnc3ccncc3c2cn1. The lowest BCUT2D eigenvalue weighted by molar-refractivity contribution is 1.32. The van der Waals surface area contributed by atoms with Gasteiger partial charge in [0.25, 0.3) is 0 Å². The summed E-state index contributed by atoms with van der Waals surface area (Å²) in [6.45, 7) is 0. The van der Waals surface area contributed by atoms with Crippen LogP contribution in [0.4, 0.5) is 0 Å². The van der Waals surface area contributed by atoms with Crippen LogP contribution in [0.3, 0.4) is 0 Å². The molecule has 3 heterocycles. The first-order valence-corrected chi connectivity index (χ1v) is 4.37. The van der Waals surface area contributed by atoms with Crippen LogP contribution in [-0.4, -0.2) is 15.0 Å². The molecule has 3 rings (SSSR count). The number of hydrogen-bond acceptors (Lipinski definition) is 3. The van der Waals surface area contributed by atoms with Crippen molar-refractivity contribution in [2.75, 3.05) is 0 Å². The normalized spacial score (nSPS) is 10.9. The molecule has 0 unspecified atom stereocenters. The van der Waals surface area contributed by atoms with Gasteiger partial charge < -0.3 is 0 Å². The van der Waals surface area contributed by atoms with Crippen molar-refractivity contribution in [3.05, 3.63) is 43.1 Å². The summed E-state index contributed by atoms with van der Waals surface area (Å²) in [5, 5.41) is 3.25. The number of hydrogen-bond donors (Lipinski definition) is 0. The monoisotopic (exact) mass is 181 g/mol. The van der Waals surface area contributed by atoms with Gasteiger partial charge in [-0.15, -0.1) is 0 Å². The fourth-order valence-corrected chi connectivity index (χ4v) is 1.59. The average Bonchev–Trinajstić information content (AvgIpc) is 2.29. The zero-order valence-electron chi connectivity index (χ0n) is 7.38. The summed E-state index contributed by atoms with van der Waals surface area (Å²) in [6.07, 6.45) is 9.05. The van der Waals surface area contributed by atoms with Crippen molar-refractivity contribution in [3.63, 3.8) is 0 Å². The van der Waals surface area contributed by atoms with E-state index in [0.29, 0.717) is 0 Å². The Morgan fingerprint density at radius 1 is 0.786 bits per heavy atom. The van der Waals surface area contributed by atoms with E-state index < -0.39 is 0 Å². The Labute approximate surface area is 80.5 Å². The molecule has 0 aliphatic carbocycles. The van der Waals surface area contributed by atoms with E-state index in [1.165, 1.54) is 0 Å². The molecule has 0 bridgehead atoms. The van der Waals surface area contributed by atoms with Gasteiger partial charge in [0.15, 0.2) is 0 Å². The highest BCUT2D eigenvalue weighted by Gasteiger charge is 1.99. The summed E-state index contributed by atoms with van der Waals surface area (Å²) in [4.78, 5) is 12.5. The first-order chi connectivity index (χ1) is 6.95. The first kappa shape index (κ1) is 7.38. The quantitative estimate of drug-likeness (QED) is 0.499. The molecule has 0 aliphatic rings. The molecule has 66 valence electrons. The number of rotatable bonds is 0. The maximum absolute atomic E-state index is 4.34. The zero-order valence-corrected chi connectivity index (χ0v) is 7.38. The predicted octanol–water partition coefficient (Wildman–Crippen LogP) is 2.18. The standard InChI is InChI=1S/C11H7N3/c1-3-12-6-9-8(1)5-14-11-2-4-13-7-10(9)11/h1-7H. The molecule has 0 atom stereocenters. The van der Waals surface area contributed by atoms with E-state index in [-0.39, 0.29) is 0 Å². The molecule has 0 radical (unpaired) electrons. The highest BCUT2D eigenvalue weighted by molar-refractivity contribution is 6.04. The second-order valence-corrected chi connectivity index (χ2v) is 3.11. The largest absolute Gasteiger partial charge is 0.264 e. The summed E-state index contributed by atoms with van der Waals surface area (Å²) < 4.78 is 0. The first-order valence-electron chi connectivity index (χ1n) is 4.37. The molecular formula is C11H7N3. The fourth-order valence-electron chi connectivity index (χ4n) is 1.59. The van der Waals surface area contributed by atoms with E-state index in [0.717, 1.165) is 21.7 Å². The topological polar surface area (TPSA) is 38.7 Å². The van der Waals surface area contributed by atoms with Crippen LogP contribution in [0.1, 0.15) is 0 Å². The Bertz CT molecular complexity index is 550. The van der Waals surface area contributed by atoms with Crippen LogP contribution >= 0.6 is 0 Å².